The maximum Gasteiger partial charge on any atom is 0.146 e. The second-order valence-corrected chi connectivity index (χ2v) is 2.97. The van der Waals surface area contributed by atoms with Gasteiger partial charge >= 0.3 is 0 Å². The first kappa shape index (κ1) is 12.0. The minimum Gasteiger partial charge on any atom is -0.328 e. The van der Waals surface area contributed by atoms with Crippen molar-refractivity contribution in [2.24, 2.45) is 0 Å². The molecule has 2 aromatic heterocycles. The van der Waals surface area contributed by atoms with E-state index in [9.17, 15) is 0 Å². The van der Waals surface area contributed by atoms with Gasteiger partial charge in [0, 0.05) is 31.4 Å². The van der Waals surface area contributed by atoms with E-state index in [4.69, 9.17) is 0 Å². The van der Waals surface area contributed by atoms with Gasteiger partial charge in [0.05, 0.1) is 0 Å². The molecule has 0 aromatic carbocycles. The maximum atomic E-state index is 4.36. The molecule has 0 aliphatic carbocycles. The van der Waals surface area contributed by atoms with Crippen LogP contribution in [0.2, 0.25) is 0 Å². The monoisotopic (exact) mass is 290 g/mol. The second kappa shape index (κ2) is 5.71. The van der Waals surface area contributed by atoms with Crippen LogP contribution in [0.1, 0.15) is 19.0 Å². The average molecular weight is 290 g/mol. The van der Waals surface area contributed by atoms with Gasteiger partial charge in [-0.15, -0.1) is 6.07 Å². The van der Waals surface area contributed by atoms with Crippen LogP contribution in [-0.4, -0.2) is 19.7 Å². The number of aryl methyl sites for hydroxylation is 1. The summed E-state index contributed by atoms with van der Waals surface area (Å²) in [7, 11) is 0. The summed E-state index contributed by atoms with van der Waals surface area (Å²) < 4.78 is 1.54. The van der Waals surface area contributed by atoms with Crippen molar-refractivity contribution in [2.75, 3.05) is 0 Å². The van der Waals surface area contributed by atoms with Gasteiger partial charge in [-0.05, 0) is 12.5 Å². The Bertz CT molecular complexity index is 400. The van der Waals surface area contributed by atoms with Crippen LogP contribution >= 0.6 is 0 Å². The Morgan fingerprint density at radius 3 is 2.93 bits per heavy atom. The molecule has 2 aromatic rings. The zero-order valence-corrected chi connectivity index (χ0v) is 9.98. The van der Waals surface area contributed by atoms with E-state index in [2.05, 4.69) is 28.2 Å². The van der Waals surface area contributed by atoms with E-state index < -0.39 is 0 Å². The molecule has 2 rings (SSSR count). The molecule has 0 N–H and O–H groups in total. The molecule has 0 atom stereocenters. The molecule has 5 heteroatoms. The first-order valence-electron chi connectivity index (χ1n) is 4.64. The van der Waals surface area contributed by atoms with Gasteiger partial charge in [-0.2, -0.15) is 0 Å². The molecule has 0 aliphatic rings. The molecular weight excluding hydrogens is 279 g/mol. The fourth-order valence-corrected chi connectivity index (χ4v) is 1.23. The summed E-state index contributed by atoms with van der Waals surface area (Å²) in [6.45, 7) is 2.13. The molecule has 0 unspecified atom stereocenters. The Morgan fingerprint density at radius 2 is 2.27 bits per heavy atom. The topological polar surface area (TPSA) is 43.6 Å². The summed E-state index contributed by atoms with van der Waals surface area (Å²) in [4.78, 5) is 8.49. The van der Waals surface area contributed by atoms with E-state index in [1.807, 2.05) is 6.07 Å². The first-order chi connectivity index (χ1) is 6.90. The summed E-state index contributed by atoms with van der Waals surface area (Å²) in [6, 6.07) is 3.66. The summed E-state index contributed by atoms with van der Waals surface area (Å²) in [5.41, 5.74) is 1.04. The van der Waals surface area contributed by atoms with Crippen molar-refractivity contribution in [1.29, 1.82) is 0 Å². The zero-order valence-electron chi connectivity index (χ0n) is 8.35. The van der Waals surface area contributed by atoms with Crippen LogP contribution in [0, 0.1) is 6.20 Å². The molecule has 0 spiro atoms. The van der Waals surface area contributed by atoms with Gasteiger partial charge in [0.25, 0.3) is 0 Å². The molecule has 15 heavy (non-hydrogen) atoms. The van der Waals surface area contributed by atoms with Crippen LogP contribution in [0.5, 0.6) is 0 Å². The van der Waals surface area contributed by atoms with Crippen molar-refractivity contribution < 1.29 is 19.5 Å². The fraction of sp³-hybridized carbons (Fsp3) is 0.300. The Labute approximate surface area is 102 Å². The standard InChI is InChI=1S/C10H11N4.Rh/c1-2-4-9-5-7-11-10(13-9)14-8-3-6-12-14;/h3,5-7H,2,4H2,1H3;/q-1;. The molecular formula is C10H11N4Rh-. The third kappa shape index (κ3) is 2.93. The van der Waals surface area contributed by atoms with Crippen LogP contribution < -0.4 is 0 Å². The molecule has 0 saturated carbocycles. The summed E-state index contributed by atoms with van der Waals surface area (Å²) in [6.07, 6.45) is 8.37. The van der Waals surface area contributed by atoms with E-state index >= 15 is 0 Å². The molecule has 0 saturated heterocycles. The van der Waals surface area contributed by atoms with E-state index in [-0.39, 0.29) is 19.5 Å². The quantitative estimate of drug-likeness (QED) is 0.634. The number of aromatic nitrogens is 4. The van der Waals surface area contributed by atoms with E-state index in [1.165, 1.54) is 0 Å². The molecule has 4 nitrogen and oxygen atoms in total. The maximum absolute atomic E-state index is 4.36. The largest absolute Gasteiger partial charge is 0.328 e. The van der Waals surface area contributed by atoms with Crippen molar-refractivity contribution in [1.82, 2.24) is 19.7 Å². The Kier molecular flexibility index (Phi) is 4.56. The smallest absolute Gasteiger partial charge is 0.146 e. The van der Waals surface area contributed by atoms with Gasteiger partial charge in [0.15, 0.2) is 0 Å². The molecule has 0 fully saturated rings. The third-order valence-electron chi connectivity index (χ3n) is 1.85. The van der Waals surface area contributed by atoms with Gasteiger partial charge in [0.1, 0.15) is 5.95 Å². The molecule has 1 radical (unpaired) electrons. The number of hydrogen-bond acceptors (Lipinski definition) is 3. The van der Waals surface area contributed by atoms with Crippen LogP contribution in [0.4, 0.5) is 0 Å². The second-order valence-electron chi connectivity index (χ2n) is 2.97. The number of rotatable bonds is 3. The van der Waals surface area contributed by atoms with Crippen molar-refractivity contribution >= 4 is 0 Å². The Morgan fingerprint density at radius 1 is 1.40 bits per heavy atom. The van der Waals surface area contributed by atoms with Gasteiger partial charge in [-0.3, -0.25) is 15.1 Å². The van der Waals surface area contributed by atoms with Gasteiger partial charge < -0.3 is 4.68 Å². The molecule has 0 aliphatic heterocycles. The molecule has 0 bridgehead atoms. The van der Waals surface area contributed by atoms with E-state index in [0.29, 0.717) is 5.95 Å². The predicted octanol–water partition coefficient (Wildman–Crippen LogP) is 1.41. The molecule has 81 valence electrons. The minimum absolute atomic E-state index is 0. The molecule has 2 heterocycles. The van der Waals surface area contributed by atoms with Crippen LogP contribution in [0.25, 0.3) is 5.95 Å². The normalized spacial score (nSPS) is 9.67. The number of nitrogens with zero attached hydrogens (tertiary/aromatic N) is 4. The van der Waals surface area contributed by atoms with Crippen LogP contribution in [0.3, 0.4) is 0 Å². The number of hydrogen-bond donors (Lipinski definition) is 0. The van der Waals surface area contributed by atoms with Crippen LogP contribution in [0.15, 0.2) is 24.5 Å². The molecule has 0 amide bonds. The first-order valence-corrected chi connectivity index (χ1v) is 4.64. The fourth-order valence-electron chi connectivity index (χ4n) is 1.23. The van der Waals surface area contributed by atoms with Gasteiger partial charge in [-0.1, -0.05) is 25.7 Å². The van der Waals surface area contributed by atoms with Gasteiger partial charge in [0.2, 0.25) is 0 Å². The van der Waals surface area contributed by atoms with Crippen molar-refractivity contribution in [3.8, 4) is 5.95 Å². The average Bonchev–Trinajstić information content (AvgIpc) is 2.71. The summed E-state index contributed by atoms with van der Waals surface area (Å²) in [5.74, 6) is 0.584. The Hall–Kier alpha value is -1.09. The SMILES string of the molecule is CCCc1ccnc(-n2[c-]ccn2)n1.[Rh]. The Balaban J connectivity index is 0.00000112. The summed E-state index contributed by atoms with van der Waals surface area (Å²) >= 11 is 0. The third-order valence-corrected chi connectivity index (χ3v) is 1.85. The van der Waals surface area contributed by atoms with Crippen LogP contribution in [-0.2, 0) is 25.9 Å². The van der Waals surface area contributed by atoms with Crippen molar-refractivity contribution in [2.45, 2.75) is 19.8 Å². The van der Waals surface area contributed by atoms with Crippen molar-refractivity contribution in [3.63, 3.8) is 0 Å². The van der Waals surface area contributed by atoms with Crippen molar-refractivity contribution in [3.05, 3.63) is 36.4 Å². The van der Waals surface area contributed by atoms with Gasteiger partial charge in [-0.25, -0.2) is 0 Å². The minimum atomic E-state index is 0. The zero-order chi connectivity index (χ0) is 9.80. The van der Waals surface area contributed by atoms with E-state index in [0.717, 1.165) is 18.5 Å². The summed E-state index contributed by atoms with van der Waals surface area (Å²) in [5, 5.41) is 4.02. The predicted molar refractivity (Wildman–Crippen MR) is 52.0 cm³/mol. The van der Waals surface area contributed by atoms with E-state index in [1.54, 1.807) is 23.1 Å².